The predicted molar refractivity (Wildman–Crippen MR) is 84.2 cm³/mol. The third-order valence-corrected chi connectivity index (χ3v) is 3.83. The van der Waals surface area contributed by atoms with Crippen LogP contribution < -0.4 is 10.6 Å². The van der Waals surface area contributed by atoms with Crippen LogP contribution in [0.3, 0.4) is 0 Å². The van der Waals surface area contributed by atoms with Gasteiger partial charge in [0.2, 0.25) is 5.95 Å². The molecule has 1 aromatic carbocycles. The Kier molecular flexibility index (Phi) is 4.00. The number of nitrogens with one attached hydrogen (secondary N) is 2. The molecule has 4 nitrogen and oxygen atoms in total. The highest BCUT2D eigenvalue weighted by Gasteiger charge is 2.16. The van der Waals surface area contributed by atoms with Crippen LogP contribution >= 0.6 is 0 Å². The van der Waals surface area contributed by atoms with Crippen molar-refractivity contribution in [2.45, 2.75) is 45.1 Å². The van der Waals surface area contributed by atoms with Crippen molar-refractivity contribution in [2.24, 2.45) is 0 Å². The molecule has 1 fully saturated rings. The highest BCUT2D eigenvalue weighted by atomic mass is 15.2. The molecule has 1 saturated carbocycles. The number of hydrogen-bond acceptors (Lipinski definition) is 4. The summed E-state index contributed by atoms with van der Waals surface area (Å²) in [6.45, 7) is 3.10. The molecule has 0 aliphatic heterocycles. The fraction of sp³-hybridized carbons (Fsp3) is 0.500. The molecule has 0 bridgehead atoms. The van der Waals surface area contributed by atoms with E-state index in [-0.39, 0.29) is 0 Å². The van der Waals surface area contributed by atoms with E-state index in [1.54, 1.807) is 0 Å². The van der Waals surface area contributed by atoms with Crippen LogP contribution in [0.4, 0.5) is 11.8 Å². The Hall–Kier alpha value is -1.84. The second kappa shape index (κ2) is 6.07. The summed E-state index contributed by atoms with van der Waals surface area (Å²) >= 11 is 0. The molecule has 0 radical (unpaired) electrons. The lowest BCUT2D eigenvalue weighted by atomic mass is 10.2. The Morgan fingerprint density at radius 3 is 2.75 bits per heavy atom. The van der Waals surface area contributed by atoms with Gasteiger partial charge in [-0.1, -0.05) is 31.9 Å². The van der Waals surface area contributed by atoms with Crippen LogP contribution in [0.2, 0.25) is 0 Å². The number of rotatable bonds is 5. The van der Waals surface area contributed by atoms with Crippen LogP contribution in [0.25, 0.3) is 10.9 Å². The van der Waals surface area contributed by atoms with E-state index in [2.05, 4.69) is 33.6 Å². The summed E-state index contributed by atoms with van der Waals surface area (Å²) in [6.07, 6.45) is 6.17. The second-order valence-corrected chi connectivity index (χ2v) is 5.47. The SMILES string of the molecule is CCCNc1nc(NC2CCCC2)nc2ccccc12. The zero-order valence-electron chi connectivity index (χ0n) is 12.0. The van der Waals surface area contributed by atoms with Crippen LogP contribution in [0.5, 0.6) is 0 Å². The number of para-hydroxylation sites is 1. The average molecular weight is 270 g/mol. The third-order valence-electron chi connectivity index (χ3n) is 3.83. The van der Waals surface area contributed by atoms with Crippen LogP contribution in [-0.2, 0) is 0 Å². The van der Waals surface area contributed by atoms with Crippen molar-refractivity contribution in [3.63, 3.8) is 0 Å². The molecule has 0 spiro atoms. The van der Waals surface area contributed by atoms with Crippen molar-refractivity contribution in [3.8, 4) is 0 Å². The van der Waals surface area contributed by atoms with E-state index >= 15 is 0 Å². The van der Waals surface area contributed by atoms with Crippen molar-refractivity contribution in [1.82, 2.24) is 9.97 Å². The Bertz CT molecular complexity index is 576. The van der Waals surface area contributed by atoms with Crippen LogP contribution in [0, 0.1) is 0 Å². The monoisotopic (exact) mass is 270 g/mol. The lowest BCUT2D eigenvalue weighted by Gasteiger charge is -2.14. The van der Waals surface area contributed by atoms with Crippen molar-refractivity contribution >= 4 is 22.7 Å². The molecule has 0 unspecified atom stereocenters. The fourth-order valence-electron chi connectivity index (χ4n) is 2.77. The van der Waals surface area contributed by atoms with Gasteiger partial charge in [0.1, 0.15) is 5.82 Å². The molecular weight excluding hydrogens is 248 g/mol. The largest absolute Gasteiger partial charge is 0.369 e. The van der Waals surface area contributed by atoms with E-state index in [0.29, 0.717) is 6.04 Å². The quantitative estimate of drug-likeness (QED) is 0.867. The summed E-state index contributed by atoms with van der Waals surface area (Å²) in [6, 6.07) is 8.72. The molecule has 106 valence electrons. The van der Waals surface area contributed by atoms with Gasteiger partial charge in [0.05, 0.1) is 5.52 Å². The predicted octanol–water partition coefficient (Wildman–Crippen LogP) is 3.81. The van der Waals surface area contributed by atoms with Gasteiger partial charge in [0, 0.05) is 18.0 Å². The maximum Gasteiger partial charge on any atom is 0.225 e. The molecule has 2 aromatic rings. The zero-order chi connectivity index (χ0) is 13.8. The van der Waals surface area contributed by atoms with E-state index in [0.717, 1.165) is 35.6 Å². The van der Waals surface area contributed by atoms with Gasteiger partial charge in [-0.15, -0.1) is 0 Å². The molecular formula is C16H22N4. The summed E-state index contributed by atoms with van der Waals surface area (Å²) < 4.78 is 0. The fourth-order valence-corrected chi connectivity index (χ4v) is 2.77. The van der Waals surface area contributed by atoms with Gasteiger partial charge < -0.3 is 10.6 Å². The molecule has 1 aliphatic carbocycles. The Morgan fingerprint density at radius 2 is 1.95 bits per heavy atom. The van der Waals surface area contributed by atoms with Crippen LogP contribution in [-0.4, -0.2) is 22.6 Å². The van der Waals surface area contributed by atoms with E-state index in [4.69, 9.17) is 0 Å². The zero-order valence-corrected chi connectivity index (χ0v) is 12.0. The molecule has 1 heterocycles. The smallest absolute Gasteiger partial charge is 0.225 e. The summed E-state index contributed by atoms with van der Waals surface area (Å²) in [4.78, 5) is 9.31. The first-order valence-corrected chi connectivity index (χ1v) is 7.64. The molecule has 2 N–H and O–H groups in total. The minimum Gasteiger partial charge on any atom is -0.369 e. The molecule has 0 amide bonds. The van der Waals surface area contributed by atoms with Gasteiger partial charge in [-0.25, -0.2) is 4.98 Å². The molecule has 1 aliphatic rings. The normalized spacial score (nSPS) is 15.7. The minimum atomic E-state index is 0.537. The Morgan fingerprint density at radius 1 is 1.15 bits per heavy atom. The van der Waals surface area contributed by atoms with Crippen molar-refractivity contribution in [3.05, 3.63) is 24.3 Å². The summed E-state index contributed by atoms with van der Waals surface area (Å²) in [7, 11) is 0. The number of aromatic nitrogens is 2. The maximum absolute atomic E-state index is 4.67. The number of fused-ring (bicyclic) bond motifs is 1. The van der Waals surface area contributed by atoms with Gasteiger partial charge in [-0.2, -0.15) is 4.98 Å². The third kappa shape index (κ3) is 2.84. The second-order valence-electron chi connectivity index (χ2n) is 5.47. The van der Waals surface area contributed by atoms with E-state index in [1.807, 2.05) is 18.2 Å². The Balaban J connectivity index is 1.91. The van der Waals surface area contributed by atoms with Crippen LogP contribution in [0.1, 0.15) is 39.0 Å². The van der Waals surface area contributed by atoms with Gasteiger partial charge in [0.25, 0.3) is 0 Å². The van der Waals surface area contributed by atoms with Gasteiger partial charge in [0.15, 0.2) is 0 Å². The number of nitrogens with zero attached hydrogens (tertiary/aromatic N) is 2. The Labute approximate surface area is 120 Å². The molecule has 3 rings (SSSR count). The molecule has 0 atom stereocenters. The highest BCUT2D eigenvalue weighted by molar-refractivity contribution is 5.90. The van der Waals surface area contributed by atoms with Crippen molar-refractivity contribution < 1.29 is 0 Å². The number of anilines is 2. The van der Waals surface area contributed by atoms with E-state index in [1.165, 1.54) is 25.7 Å². The van der Waals surface area contributed by atoms with Gasteiger partial charge >= 0.3 is 0 Å². The minimum absolute atomic E-state index is 0.537. The molecule has 1 aromatic heterocycles. The first-order valence-electron chi connectivity index (χ1n) is 7.64. The highest BCUT2D eigenvalue weighted by Crippen LogP contribution is 2.25. The summed E-state index contributed by atoms with van der Waals surface area (Å²) in [5, 5.41) is 7.99. The number of hydrogen-bond donors (Lipinski definition) is 2. The summed E-state index contributed by atoms with van der Waals surface area (Å²) in [5.74, 6) is 1.70. The number of benzene rings is 1. The average Bonchev–Trinajstić information content (AvgIpc) is 2.97. The first-order chi connectivity index (χ1) is 9.86. The molecule has 0 saturated heterocycles. The molecule has 4 heteroatoms. The van der Waals surface area contributed by atoms with Crippen molar-refractivity contribution in [1.29, 1.82) is 0 Å². The molecule has 20 heavy (non-hydrogen) atoms. The van der Waals surface area contributed by atoms with E-state index in [9.17, 15) is 0 Å². The lowest BCUT2D eigenvalue weighted by Crippen LogP contribution is -2.17. The maximum atomic E-state index is 4.67. The van der Waals surface area contributed by atoms with Gasteiger partial charge in [-0.05, 0) is 31.4 Å². The first kappa shape index (κ1) is 13.2. The lowest BCUT2D eigenvalue weighted by molar-refractivity contribution is 0.745. The topological polar surface area (TPSA) is 49.8 Å². The van der Waals surface area contributed by atoms with Crippen LogP contribution in [0.15, 0.2) is 24.3 Å². The standard InChI is InChI=1S/C16H22N4/c1-2-11-17-15-13-9-5-6-10-14(13)19-16(20-15)18-12-7-3-4-8-12/h5-6,9-10,12H,2-4,7-8,11H2,1H3,(H2,17,18,19,20). The van der Waals surface area contributed by atoms with E-state index < -0.39 is 0 Å². The van der Waals surface area contributed by atoms with Crippen molar-refractivity contribution in [2.75, 3.05) is 17.2 Å². The summed E-state index contributed by atoms with van der Waals surface area (Å²) in [5.41, 5.74) is 1.00. The van der Waals surface area contributed by atoms with Gasteiger partial charge in [-0.3, -0.25) is 0 Å².